The molecular weight excluding hydrogens is 209 g/mol. The third kappa shape index (κ3) is 1.93. The third-order valence-corrected chi connectivity index (χ3v) is 2.95. The maximum absolute atomic E-state index is 13.4. The van der Waals surface area contributed by atoms with Crippen LogP contribution in [0.3, 0.4) is 0 Å². The molecule has 1 aromatic carbocycles. The summed E-state index contributed by atoms with van der Waals surface area (Å²) in [4.78, 5) is 13.6. The number of aliphatic hydroxyl groups is 1. The van der Waals surface area contributed by atoms with Crippen LogP contribution in [0, 0.1) is 5.82 Å². The molecule has 16 heavy (non-hydrogen) atoms. The zero-order valence-corrected chi connectivity index (χ0v) is 8.90. The van der Waals surface area contributed by atoms with E-state index in [1.165, 1.54) is 12.1 Å². The van der Waals surface area contributed by atoms with Crippen LogP contribution in [0.15, 0.2) is 24.3 Å². The van der Waals surface area contributed by atoms with Gasteiger partial charge in [0.05, 0.1) is 18.2 Å². The molecule has 4 heteroatoms. The molecule has 1 aliphatic rings. The quantitative estimate of drug-likeness (QED) is 0.823. The van der Waals surface area contributed by atoms with Gasteiger partial charge in [0.15, 0.2) is 0 Å². The minimum Gasteiger partial charge on any atom is -0.394 e. The van der Waals surface area contributed by atoms with Crippen molar-refractivity contribution in [1.29, 1.82) is 0 Å². The molecule has 0 aromatic heterocycles. The second kappa shape index (κ2) is 4.61. The Morgan fingerprint density at radius 3 is 2.94 bits per heavy atom. The minimum absolute atomic E-state index is 0.0554. The second-order valence-corrected chi connectivity index (χ2v) is 3.96. The van der Waals surface area contributed by atoms with Gasteiger partial charge in [-0.05, 0) is 25.0 Å². The molecule has 1 saturated heterocycles. The van der Waals surface area contributed by atoms with Gasteiger partial charge in [-0.15, -0.1) is 0 Å². The molecule has 1 N–H and O–H groups in total. The fraction of sp³-hybridized carbons (Fsp3) is 0.417. The summed E-state index contributed by atoms with van der Waals surface area (Å²) in [7, 11) is 0. The fourth-order valence-corrected chi connectivity index (χ4v) is 2.08. The molecule has 1 aromatic rings. The van der Waals surface area contributed by atoms with Crippen molar-refractivity contribution in [3.05, 3.63) is 35.6 Å². The smallest absolute Gasteiger partial charge is 0.257 e. The van der Waals surface area contributed by atoms with E-state index in [0.717, 1.165) is 12.8 Å². The standard InChI is InChI=1S/C12H14FNO2/c13-11-6-2-1-5-10(11)12(16)14-7-3-4-9(14)8-15/h1-2,5-6,9,15H,3-4,7-8H2/t9-/m0/s1. The van der Waals surface area contributed by atoms with E-state index in [2.05, 4.69) is 0 Å². The third-order valence-electron chi connectivity index (χ3n) is 2.95. The van der Waals surface area contributed by atoms with E-state index in [4.69, 9.17) is 5.11 Å². The van der Waals surface area contributed by atoms with Gasteiger partial charge in [0.2, 0.25) is 0 Å². The zero-order chi connectivity index (χ0) is 11.5. The van der Waals surface area contributed by atoms with Gasteiger partial charge >= 0.3 is 0 Å². The lowest BCUT2D eigenvalue weighted by atomic mass is 10.1. The van der Waals surface area contributed by atoms with Crippen LogP contribution in [0.2, 0.25) is 0 Å². The number of aliphatic hydroxyl groups excluding tert-OH is 1. The summed E-state index contributed by atoms with van der Waals surface area (Å²) in [6, 6.07) is 5.79. The summed E-state index contributed by atoms with van der Waals surface area (Å²) in [5, 5.41) is 9.11. The first-order valence-electron chi connectivity index (χ1n) is 5.40. The molecule has 0 radical (unpaired) electrons. The fourth-order valence-electron chi connectivity index (χ4n) is 2.08. The van der Waals surface area contributed by atoms with Crippen LogP contribution in [-0.2, 0) is 0 Å². The molecular formula is C12H14FNO2. The molecule has 1 amide bonds. The number of nitrogens with zero attached hydrogens (tertiary/aromatic N) is 1. The molecule has 0 spiro atoms. The Bertz CT molecular complexity index is 394. The molecule has 2 rings (SSSR count). The lowest BCUT2D eigenvalue weighted by molar-refractivity contribution is 0.0673. The number of hydrogen-bond donors (Lipinski definition) is 1. The van der Waals surface area contributed by atoms with Crippen molar-refractivity contribution in [2.45, 2.75) is 18.9 Å². The number of halogens is 1. The molecule has 3 nitrogen and oxygen atoms in total. The Labute approximate surface area is 93.5 Å². The Hall–Kier alpha value is -1.42. The molecule has 1 heterocycles. The molecule has 0 aliphatic carbocycles. The highest BCUT2D eigenvalue weighted by molar-refractivity contribution is 5.94. The van der Waals surface area contributed by atoms with Gasteiger partial charge in [-0.1, -0.05) is 12.1 Å². The molecule has 1 aliphatic heterocycles. The molecule has 86 valence electrons. The molecule has 0 unspecified atom stereocenters. The molecule has 0 bridgehead atoms. The average molecular weight is 223 g/mol. The van der Waals surface area contributed by atoms with E-state index in [1.807, 2.05) is 0 Å². The van der Waals surface area contributed by atoms with E-state index in [9.17, 15) is 9.18 Å². The lowest BCUT2D eigenvalue weighted by Gasteiger charge is -2.23. The largest absolute Gasteiger partial charge is 0.394 e. The summed E-state index contributed by atoms with van der Waals surface area (Å²) in [6.45, 7) is 0.540. The van der Waals surface area contributed by atoms with Gasteiger partial charge in [0.1, 0.15) is 5.82 Å². The first-order valence-corrected chi connectivity index (χ1v) is 5.40. The van der Waals surface area contributed by atoms with E-state index >= 15 is 0 Å². The maximum Gasteiger partial charge on any atom is 0.257 e. The van der Waals surface area contributed by atoms with Crippen molar-refractivity contribution in [2.24, 2.45) is 0 Å². The van der Waals surface area contributed by atoms with Gasteiger partial charge in [0, 0.05) is 6.54 Å². The Balaban J connectivity index is 2.22. The van der Waals surface area contributed by atoms with Crippen LogP contribution in [-0.4, -0.2) is 35.1 Å². The van der Waals surface area contributed by atoms with Crippen LogP contribution >= 0.6 is 0 Å². The van der Waals surface area contributed by atoms with Crippen molar-refractivity contribution in [3.63, 3.8) is 0 Å². The Kier molecular flexibility index (Phi) is 3.19. The first-order chi connectivity index (χ1) is 7.74. The second-order valence-electron chi connectivity index (χ2n) is 3.96. The first kappa shape index (κ1) is 11.1. The van der Waals surface area contributed by atoms with E-state index in [-0.39, 0.29) is 24.1 Å². The van der Waals surface area contributed by atoms with Crippen molar-refractivity contribution in [2.75, 3.05) is 13.2 Å². The van der Waals surface area contributed by atoms with Crippen LogP contribution in [0.5, 0.6) is 0 Å². The number of likely N-dealkylation sites (tertiary alicyclic amines) is 1. The molecule has 1 fully saturated rings. The monoisotopic (exact) mass is 223 g/mol. The highest BCUT2D eigenvalue weighted by Crippen LogP contribution is 2.20. The van der Waals surface area contributed by atoms with E-state index < -0.39 is 5.82 Å². The van der Waals surface area contributed by atoms with Gasteiger partial charge in [-0.3, -0.25) is 4.79 Å². The Morgan fingerprint density at radius 1 is 1.50 bits per heavy atom. The number of carbonyl (C=O) groups is 1. The Morgan fingerprint density at radius 2 is 2.25 bits per heavy atom. The van der Waals surface area contributed by atoms with Gasteiger partial charge in [-0.2, -0.15) is 0 Å². The minimum atomic E-state index is -0.504. The van der Waals surface area contributed by atoms with Crippen LogP contribution < -0.4 is 0 Å². The van der Waals surface area contributed by atoms with E-state index in [1.54, 1.807) is 17.0 Å². The predicted octanol–water partition coefficient (Wildman–Crippen LogP) is 1.42. The number of amides is 1. The summed E-state index contributed by atoms with van der Waals surface area (Å²) in [5.41, 5.74) is 0.0860. The topological polar surface area (TPSA) is 40.5 Å². The van der Waals surface area contributed by atoms with E-state index in [0.29, 0.717) is 6.54 Å². The summed E-state index contributed by atoms with van der Waals surface area (Å²) >= 11 is 0. The average Bonchev–Trinajstić information content (AvgIpc) is 2.77. The number of hydrogen-bond acceptors (Lipinski definition) is 2. The maximum atomic E-state index is 13.4. The van der Waals surface area contributed by atoms with Crippen LogP contribution in [0.25, 0.3) is 0 Å². The summed E-state index contributed by atoms with van der Waals surface area (Å²) < 4.78 is 13.4. The van der Waals surface area contributed by atoms with Crippen molar-refractivity contribution >= 4 is 5.91 Å². The summed E-state index contributed by atoms with van der Waals surface area (Å²) in [5.74, 6) is -0.828. The van der Waals surface area contributed by atoms with Gasteiger partial charge < -0.3 is 10.0 Å². The van der Waals surface area contributed by atoms with Crippen LogP contribution in [0.1, 0.15) is 23.2 Å². The number of carbonyl (C=O) groups excluding carboxylic acids is 1. The highest BCUT2D eigenvalue weighted by atomic mass is 19.1. The molecule has 1 atom stereocenters. The van der Waals surface area contributed by atoms with Gasteiger partial charge in [0.25, 0.3) is 5.91 Å². The van der Waals surface area contributed by atoms with Crippen LogP contribution in [0.4, 0.5) is 4.39 Å². The number of rotatable bonds is 2. The SMILES string of the molecule is O=C(c1ccccc1F)N1CCC[C@H]1CO. The highest BCUT2D eigenvalue weighted by Gasteiger charge is 2.29. The summed E-state index contributed by atoms with van der Waals surface area (Å²) in [6.07, 6.45) is 1.65. The lowest BCUT2D eigenvalue weighted by Crippen LogP contribution is -2.38. The number of benzene rings is 1. The van der Waals surface area contributed by atoms with Crippen molar-refractivity contribution in [3.8, 4) is 0 Å². The zero-order valence-electron chi connectivity index (χ0n) is 8.90. The van der Waals surface area contributed by atoms with Crippen molar-refractivity contribution < 1.29 is 14.3 Å². The van der Waals surface area contributed by atoms with Gasteiger partial charge in [-0.25, -0.2) is 4.39 Å². The predicted molar refractivity (Wildman–Crippen MR) is 57.5 cm³/mol. The van der Waals surface area contributed by atoms with Crippen molar-refractivity contribution in [1.82, 2.24) is 4.90 Å². The normalized spacial score (nSPS) is 20.1. The molecule has 0 saturated carbocycles.